The molecule has 0 saturated heterocycles. The van der Waals surface area contributed by atoms with Crippen molar-refractivity contribution in [2.24, 2.45) is 0 Å². The summed E-state index contributed by atoms with van der Waals surface area (Å²) in [5.74, 6) is 0.943. The van der Waals surface area contributed by atoms with E-state index in [1.807, 2.05) is 36.4 Å². The van der Waals surface area contributed by atoms with Gasteiger partial charge in [-0.05, 0) is 28.7 Å². The topological polar surface area (TPSA) is 59.2 Å². The van der Waals surface area contributed by atoms with Crippen LogP contribution in [0, 0.1) is 0 Å². The van der Waals surface area contributed by atoms with Gasteiger partial charge in [-0.3, -0.25) is 0 Å². The van der Waals surface area contributed by atoms with E-state index < -0.39 is 5.60 Å². The average molecular weight is 320 g/mol. The van der Waals surface area contributed by atoms with Crippen molar-refractivity contribution in [1.82, 2.24) is 10.1 Å². The second-order valence-corrected chi connectivity index (χ2v) is 6.47. The van der Waals surface area contributed by atoms with Crippen molar-refractivity contribution in [2.75, 3.05) is 0 Å². The molecular weight excluding hydrogens is 300 g/mol. The summed E-state index contributed by atoms with van der Waals surface area (Å²) in [6, 6.07) is 16.4. The number of hydrogen-bond acceptors (Lipinski definition) is 4. The molecule has 122 valence electrons. The molecule has 24 heavy (non-hydrogen) atoms. The van der Waals surface area contributed by atoms with Crippen LogP contribution in [0.5, 0.6) is 0 Å². The zero-order valence-corrected chi connectivity index (χ0v) is 13.7. The number of aliphatic hydroxyl groups is 1. The van der Waals surface area contributed by atoms with Crippen molar-refractivity contribution in [1.29, 1.82) is 0 Å². The molecule has 4 nitrogen and oxygen atoms in total. The van der Waals surface area contributed by atoms with Gasteiger partial charge in [-0.2, -0.15) is 4.98 Å². The third-order valence-electron chi connectivity index (χ3n) is 4.80. The van der Waals surface area contributed by atoms with Crippen molar-refractivity contribution in [3.63, 3.8) is 0 Å². The standard InChI is InChI=1S/C20H20N2O2/c1-2-14-7-3-4-8-15(14)11-18-21-19(24-22-18)20(23)12-16-9-5-6-10-17(16)13-20/h3-10,23H,2,11-13H2,1H3. The molecule has 0 atom stereocenters. The van der Waals surface area contributed by atoms with E-state index in [1.165, 1.54) is 11.1 Å². The highest BCUT2D eigenvalue weighted by Gasteiger charge is 2.41. The molecule has 0 aliphatic heterocycles. The lowest BCUT2D eigenvalue weighted by Crippen LogP contribution is -2.26. The maximum Gasteiger partial charge on any atom is 0.259 e. The smallest absolute Gasteiger partial charge is 0.259 e. The van der Waals surface area contributed by atoms with Crippen LogP contribution in [0.15, 0.2) is 53.1 Å². The van der Waals surface area contributed by atoms with Gasteiger partial charge in [0.25, 0.3) is 5.89 Å². The predicted molar refractivity (Wildman–Crippen MR) is 90.7 cm³/mol. The van der Waals surface area contributed by atoms with Crippen LogP contribution < -0.4 is 0 Å². The largest absolute Gasteiger partial charge is 0.379 e. The van der Waals surface area contributed by atoms with Gasteiger partial charge in [0, 0.05) is 19.3 Å². The summed E-state index contributed by atoms with van der Waals surface area (Å²) in [4.78, 5) is 4.49. The van der Waals surface area contributed by atoms with Crippen LogP contribution in [-0.4, -0.2) is 15.2 Å². The fraction of sp³-hybridized carbons (Fsp3) is 0.300. The van der Waals surface area contributed by atoms with Gasteiger partial charge in [0.1, 0.15) is 0 Å². The predicted octanol–water partition coefficient (Wildman–Crippen LogP) is 3.21. The Morgan fingerprint density at radius 3 is 2.29 bits per heavy atom. The highest BCUT2D eigenvalue weighted by molar-refractivity contribution is 5.36. The van der Waals surface area contributed by atoms with Gasteiger partial charge in [0.2, 0.25) is 0 Å². The molecule has 0 bridgehead atoms. The van der Waals surface area contributed by atoms with E-state index in [-0.39, 0.29) is 0 Å². The maximum absolute atomic E-state index is 11.0. The molecule has 0 amide bonds. The van der Waals surface area contributed by atoms with Gasteiger partial charge in [-0.25, -0.2) is 0 Å². The third kappa shape index (κ3) is 2.63. The molecular formula is C20H20N2O2. The van der Waals surface area contributed by atoms with Crippen molar-refractivity contribution >= 4 is 0 Å². The minimum absolute atomic E-state index is 0.322. The summed E-state index contributed by atoms with van der Waals surface area (Å²) in [5, 5.41) is 15.1. The third-order valence-corrected chi connectivity index (χ3v) is 4.80. The second-order valence-electron chi connectivity index (χ2n) is 6.47. The first-order chi connectivity index (χ1) is 11.7. The zero-order valence-electron chi connectivity index (χ0n) is 13.7. The molecule has 1 aliphatic carbocycles. The van der Waals surface area contributed by atoms with Gasteiger partial charge in [0.15, 0.2) is 11.4 Å². The van der Waals surface area contributed by atoms with Crippen LogP contribution in [0.2, 0.25) is 0 Å². The Labute approximate surface area is 141 Å². The van der Waals surface area contributed by atoms with Crippen LogP contribution in [0.4, 0.5) is 0 Å². The van der Waals surface area contributed by atoms with E-state index in [2.05, 4.69) is 29.2 Å². The van der Waals surface area contributed by atoms with Gasteiger partial charge < -0.3 is 9.63 Å². The molecule has 0 saturated carbocycles. The lowest BCUT2D eigenvalue weighted by atomic mass is 10.0. The summed E-state index contributed by atoms with van der Waals surface area (Å²) in [6.07, 6.45) is 2.64. The Morgan fingerprint density at radius 1 is 1.00 bits per heavy atom. The summed E-state index contributed by atoms with van der Waals surface area (Å²) in [6.45, 7) is 2.14. The zero-order chi connectivity index (χ0) is 16.6. The molecule has 1 N–H and O–H groups in total. The molecule has 0 fully saturated rings. The average Bonchev–Trinajstić information content (AvgIpc) is 3.19. The highest BCUT2D eigenvalue weighted by atomic mass is 16.5. The lowest BCUT2D eigenvalue weighted by molar-refractivity contribution is 0.0145. The summed E-state index contributed by atoms with van der Waals surface area (Å²) >= 11 is 0. The SMILES string of the molecule is CCc1ccccc1Cc1noc(C2(O)Cc3ccccc3C2)n1. The van der Waals surface area contributed by atoms with Gasteiger partial charge in [0.05, 0.1) is 0 Å². The van der Waals surface area contributed by atoms with E-state index in [9.17, 15) is 5.11 Å². The Kier molecular flexibility index (Phi) is 3.69. The molecule has 4 heteroatoms. The molecule has 2 aromatic carbocycles. The second kappa shape index (κ2) is 5.87. The Bertz CT molecular complexity index is 844. The van der Waals surface area contributed by atoms with E-state index in [0.717, 1.165) is 17.5 Å². The normalized spacial score (nSPS) is 15.4. The number of benzene rings is 2. The first kappa shape index (κ1) is 15.1. The van der Waals surface area contributed by atoms with E-state index in [0.29, 0.717) is 31.0 Å². The van der Waals surface area contributed by atoms with Crippen molar-refractivity contribution in [3.05, 3.63) is 82.5 Å². The van der Waals surface area contributed by atoms with E-state index in [4.69, 9.17) is 4.52 Å². The molecule has 1 aromatic heterocycles. The van der Waals surface area contributed by atoms with Crippen LogP contribution in [0.3, 0.4) is 0 Å². The van der Waals surface area contributed by atoms with Crippen LogP contribution in [0.1, 0.15) is 40.9 Å². The summed E-state index contributed by atoms with van der Waals surface area (Å²) < 4.78 is 5.42. The first-order valence-electron chi connectivity index (χ1n) is 8.37. The lowest BCUT2D eigenvalue weighted by Gasteiger charge is -2.16. The monoisotopic (exact) mass is 320 g/mol. The first-order valence-corrected chi connectivity index (χ1v) is 8.37. The molecule has 1 aliphatic rings. The number of aromatic nitrogens is 2. The fourth-order valence-electron chi connectivity index (χ4n) is 3.51. The van der Waals surface area contributed by atoms with Crippen molar-refractivity contribution < 1.29 is 9.63 Å². The highest BCUT2D eigenvalue weighted by Crippen LogP contribution is 2.36. The quantitative estimate of drug-likeness (QED) is 0.802. The molecule has 0 unspecified atom stereocenters. The van der Waals surface area contributed by atoms with Gasteiger partial charge in [-0.15, -0.1) is 0 Å². The molecule has 1 heterocycles. The Morgan fingerprint density at radius 2 is 1.62 bits per heavy atom. The molecule has 0 radical (unpaired) electrons. The van der Waals surface area contributed by atoms with Gasteiger partial charge >= 0.3 is 0 Å². The Hall–Kier alpha value is -2.46. The minimum Gasteiger partial charge on any atom is -0.379 e. The molecule has 0 spiro atoms. The number of nitrogens with zero attached hydrogens (tertiary/aromatic N) is 2. The maximum atomic E-state index is 11.0. The number of hydrogen-bond donors (Lipinski definition) is 1. The molecule has 4 rings (SSSR count). The summed E-state index contributed by atoms with van der Waals surface area (Å²) in [7, 11) is 0. The number of rotatable bonds is 4. The van der Waals surface area contributed by atoms with Crippen molar-refractivity contribution in [2.45, 2.75) is 38.2 Å². The fourth-order valence-corrected chi connectivity index (χ4v) is 3.51. The van der Waals surface area contributed by atoms with Crippen LogP contribution in [0.25, 0.3) is 0 Å². The number of aryl methyl sites for hydroxylation is 1. The summed E-state index contributed by atoms with van der Waals surface area (Å²) in [5.41, 5.74) is 3.70. The van der Waals surface area contributed by atoms with Crippen LogP contribution in [-0.2, 0) is 31.3 Å². The molecule has 3 aromatic rings. The Balaban J connectivity index is 1.58. The minimum atomic E-state index is -1.08. The van der Waals surface area contributed by atoms with Crippen molar-refractivity contribution in [3.8, 4) is 0 Å². The van der Waals surface area contributed by atoms with Crippen LogP contribution >= 0.6 is 0 Å². The number of fused-ring (bicyclic) bond motifs is 1. The van der Waals surface area contributed by atoms with Gasteiger partial charge in [-0.1, -0.05) is 60.6 Å². The van der Waals surface area contributed by atoms with E-state index >= 15 is 0 Å². The van der Waals surface area contributed by atoms with E-state index in [1.54, 1.807) is 0 Å².